The van der Waals surface area contributed by atoms with Gasteiger partial charge in [-0.3, -0.25) is 19.4 Å². The molecule has 2 amide bonds. The summed E-state index contributed by atoms with van der Waals surface area (Å²) in [6.45, 7) is 1.86. The van der Waals surface area contributed by atoms with Gasteiger partial charge < -0.3 is 26.2 Å². The molecule has 0 saturated carbocycles. The molecule has 0 radical (unpaired) electrons. The van der Waals surface area contributed by atoms with Crippen molar-refractivity contribution in [2.45, 2.75) is 12.5 Å². The minimum atomic E-state index is -0.559. The Labute approximate surface area is 197 Å². The van der Waals surface area contributed by atoms with Crippen LogP contribution in [0.4, 0.5) is 0 Å². The van der Waals surface area contributed by atoms with E-state index in [1.54, 1.807) is 30.6 Å². The molecule has 1 atom stereocenters. The number of hydrogen-bond donors (Lipinski definition) is 4. The van der Waals surface area contributed by atoms with Gasteiger partial charge in [0.25, 0.3) is 5.91 Å². The molecular weight excluding hydrogens is 436 g/mol. The number of ketones is 1. The second-order valence-corrected chi connectivity index (χ2v) is 7.55. The maximum absolute atomic E-state index is 12.2. The Kier molecular flexibility index (Phi) is 8.31. The molecule has 1 fully saturated rings. The Hall–Kier alpha value is -4.24. The van der Waals surface area contributed by atoms with E-state index in [0.717, 1.165) is 19.5 Å². The number of amides is 2. The number of phenols is 1. The van der Waals surface area contributed by atoms with E-state index in [1.165, 1.54) is 43.5 Å². The molecule has 2 aromatic carbocycles. The van der Waals surface area contributed by atoms with Crippen molar-refractivity contribution < 1.29 is 24.2 Å². The average Bonchev–Trinajstić information content (AvgIpc) is 3.37. The van der Waals surface area contributed by atoms with Crippen LogP contribution in [-0.4, -0.2) is 53.9 Å². The van der Waals surface area contributed by atoms with Crippen molar-refractivity contribution in [3.8, 4) is 11.5 Å². The van der Waals surface area contributed by atoms with Gasteiger partial charge in [0.05, 0.1) is 12.7 Å². The zero-order valence-electron chi connectivity index (χ0n) is 18.7. The molecule has 176 valence electrons. The molecule has 1 saturated heterocycles. The average molecular weight is 463 g/mol. The minimum Gasteiger partial charge on any atom is -0.507 e. The topological polar surface area (TPSA) is 144 Å². The highest BCUT2D eigenvalue weighted by Crippen LogP contribution is 2.25. The highest BCUT2D eigenvalue weighted by Gasteiger charge is 2.17. The van der Waals surface area contributed by atoms with E-state index in [2.05, 4.69) is 15.6 Å². The molecule has 0 aliphatic carbocycles. The number of primary amides is 1. The van der Waals surface area contributed by atoms with Gasteiger partial charge in [-0.1, -0.05) is 12.1 Å². The largest absolute Gasteiger partial charge is 0.507 e. The second-order valence-electron chi connectivity index (χ2n) is 7.55. The monoisotopic (exact) mass is 462 g/mol. The van der Waals surface area contributed by atoms with Crippen LogP contribution in [0, 0.1) is 0 Å². The third-order valence-electron chi connectivity index (χ3n) is 5.22. The molecule has 9 heteroatoms. The third-order valence-corrected chi connectivity index (χ3v) is 5.22. The molecule has 1 aliphatic rings. The predicted octanol–water partition coefficient (Wildman–Crippen LogP) is 1.90. The van der Waals surface area contributed by atoms with Crippen molar-refractivity contribution in [2.24, 2.45) is 5.73 Å². The first kappa shape index (κ1) is 24.4. The molecule has 34 heavy (non-hydrogen) atoms. The Morgan fingerprint density at radius 2 is 1.71 bits per heavy atom. The van der Waals surface area contributed by atoms with Crippen LogP contribution in [0.15, 0.2) is 67.0 Å². The summed E-state index contributed by atoms with van der Waals surface area (Å²) in [7, 11) is 1.47. The molecule has 2 heterocycles. The summed E-state index contributed by atoms with van der Waals surface area (Å²) in [6, 6.07) is 14.1. The van der Waals surface area contributed by atoms with Crippen LogP contribution in [0.3, 0.4) is 0 Å². The van der Waals surface area contributed by atoms with Gasteiger partial charge in [-0.2, -0.15) is 0 Å². The molecular formula is C25H26N4O5. The summed E-state index contributed by atoms with van der Waals surface area (Å²) < 4.78 is 4.95. The Balaban J connectivity index is 0.000000202. The van der Waals surface area contributed by atoms with Crippen molar-refractivity contribution in [2.75, 3.05) is 20.2 Å². The molecule has 1 aliphatic heterocycles. The van der Waals surface area contributed by atoms with Crippen molar-refractivity contribution in [3.05, 3.63) is 89.2 Å². The molecule has 5 N–H and O–H groups in total. The molecule has 1 aromatic heterocycles. The van der Waals surface area contributed by atoms with Crippen LogP contribution < -0.4 is 21.1 Å². The first-order valence-electron chi connectivity index (χ1n) is 10.6. The lowest BCUT2D eigenvalue weighted by atomic mass is 10.0. The molecule has 0 bridgehead atoms. The number of ether oxygens (including phenoxy) is 1. The fourth-order valence-electron chi connectivity index (χ4n) is 3.32. The fourth-order valence-corrected chi connectivity index (χ4v) is 3.32. The normalized spacial score (nSPS) is 14.4. The van der Waals surface area contributed by atoms with Crippen molar-refractivity contribution in [1.29, 1.82) is 0 Å². The number of methoxy groups -OCH3 is 1. The van der Waals surface area contributed by atoms with E-state index in [1.807, 2.05) is 0 Å². The smallest absolute Gasteiger partial charge is 0.251 e. The number of pyridine rings is 1. The minimum absolute atomic E-state index is 0.0129. The zero-order chi connectivity index (χ0) is 24.5. The van der Waals surface area contributed by atoms with Crippen molar-refractivity contribution in [1.82, 2.24) is 15.6 Å². The van der Waals surface area contributed by atoms with E-state index in [0.29, 0.717) is 22.4 Å². The molecule has 3 aromatic rings. The SMILES string of the molecule is COc1ccc(C(=O)c2ccc(C(N)=O)cc2)c(O)c1.O=C(NC1CCNC1)c1ccncc1. The molecule has 9 nitrogen and oxygen atoms in total. The number of aromatic hydroxyl groups is 1. The number of nitrogens with two attached hydrogens (primary N) is 1. The quantitative estimate of drug-likeness (QED) is 0.410. The van der Waals surface area contributed by atoms with Gasteiger partial charge in [0, 0.05) is 47.7 Å². The van der Waals surface area contributed by atoms with E-state index in [4.69, 9.17) is 10.5 Å². The van der Waals surface area contributed by atoms with E-state index < -0.39 is 5.91 Å². The first-order chi connectivity index (χ1) is 16.4. The van der Waals surface area contributed by atoms with Crippen LogP contribution in [0.1, 0.15) is 43.1 Å². The summed E-state index contributed by atoms with van der Waals surface area (Å²) in [5.41, 5.74) is 6.64. The van der Waals surface area contributed by atoms with Gasteiger partial charge in [0.1, 0.15) is 11.5 Å². The van der Waals surface area contributed by atoms with Crippen LogP contribution in [-0.2, 0) is 0 Å². The van der Waals surface area contributed by atoms with Gasteiger partial charge in [-0.05, 0) is 49.4 Å². The number of nitrogens with zero attached hydrogens (tertiary/aromatic N) is 1. The van der Waals surface area contributed by atoms with Crippen LogP contribution in [0.5, 0.6) is 11.5 Å². The van der Waals surface area contributed by atoms with Crippen LogP contribution in [0.2, 0.25) is 0 Å². The Morgan fingerprint density at radius 3 is 2.26 bits per heavy atom. The number of benzene rings is 2. The van der Waals surface area contributed by atoms with Crippen LogP contribution >= 0.6 is 0 Å². The van der Waals surface area contributed by atoms with Gasteiger partial charge in [0.2, 0.25) is 5.91 Å². The maximum Gasteiger partial charge on any atom is 0.251 e. The Morgan fingerprint density at radius 1 is 1.03 bits per heavy atom. The maximum atomic E-state index is 12.2. The van der Waals surface area contributed by atoms with E-state index in [-0.39, 0.29) is 29.0 Å². The number of hydrogen-bond acceptors (Lipinski definition) is 7. The van der Waals surface area contributed by atoms with Gasteiger partial charge >= 0.3 is 0 Å². The summed E-state index contributed by atoms with van der Waals surface area (Å²) in [4.78, 5) is 38.7. The summed E-state index contributed by atoms with van der Waals surface area (Å²) in [5, 5.41) is 16.0. The number of aromatic nitrogens is 1. The standard InChI is InChI=1S/C15H13NO4.C10H13N3O/c1-20-11-6-7-12(13(17)8-11)14(18)9-2-4-10(5-3-9)15(16)19;14-10(8-1-4-11-5-2-8)13-9-3-6-12-7-9/h2-8,17H,1H3,(H2,16,19);1-2,4-5,9,12H,3,6-7H2,(H,13,14). The lowest BCUT2D eigenvalue weighted by molar-refractivity contribution is 0.0938. The summed E-state index contributed by atoms with van der Waals surface area (Å²) in [5.74, 6) is -0.616. The molecule has 0 spiro atoms. The van der Waals surface area contributed by atoms with Gasteiger partial charge in [-0.15, -0.1) is 0 Å². The van der Waals surface area contributed by atoms with Crippen molar-refractivity contribution >= 4 is 17.6 Å². The zero-order valence-corrected chi connectivity index (χ0v) is 18.7. The molecule has 4 rings (SSSR count). The van der Waals surface area contributed by atoms with E-state index in [9.17, 15) is 19.5 Å². The van der Waals surface area contributed by atoms with Gasteiger partial charge in [-0.25, -0.2) is 0 Å². The number of rotatable bonds is 6. The summed E-state index contributed by atoms with van der Waals surface area (Å²) >= 11 is 0. The fraction of sp³-hybridized carbons (Fsp3) is 0.200. The van der Waals surface area contributed by atoms with Crippen LogP contribution in [0.25, 0.3) is 0 Å². The molecule has 1 unspecified atom stereocenters. The summed E-state index contributed by atoms with van der Waals surface area (Å²) in [6.07, 6.45) is 4.26. The number of phenolic OH excluding ortho intramolecular Hbond substituents is 1. The number of carbonyl (C=O) groups excluding carboxylic acids is 3. The Bertz CT molecular complexity index is 1140. The lowest BCUT2D eigenvalue weighted by Gasteiger charge is -2.10. The van der Waals surface area contributed by atoms with Crippen molar-refractivity contribution in [3.63, 3.8) is 0 Å². The second kappa shape index (κ2) is 11.6. The predicted molar refractivity (Wildman–Crippen MR) is 126 cm³/mol. The first-order valence-corrected chi connectivity index (χ1v) is 10.6. The highest BCUT2D eigenvalue weighted by atomic mass is 16.5. The van der Waals surface area contributed by atoms with Gasteiger partial charge in [0.15, 0.2) is 5.78 Å². The number of nitrogens with one attached hydrogen (secondary N) is 2. The lowest BCUT2D eigenvalue weighted by Crippen LogP contribution is -2.36. The number of carbonyl (C=O) groups is 3. The van der Waals surface area contributed by atoms with E-state index >= 15 is 0 Å². The highest BCUT2D eigenvalue weighted by molar-refractivity contribution is 6.11. The third kappa shape index (κ3) is 6.39.